The van der Waals surface area contributed by atoms with Crippen molar-refractivity contribution in [3.8, 4) is 0 Å². The molecule has 3 rings (SSSR count). The van der Waals surface area contributed by atoms with E-state index in [4.69, 9.17) is 4.74 Å². The number of piperazine rings is 1. The van der Waals surface area contributed by atoms with E-state index in [0.717, 1.165) is 31.7 Å². The molecule has 1 aromatic rings. The quantitative estimate of drug-likeness (QED) is 0.811. The molecule has 8 heteroatoms. The fourth-order valence-electron chi connectivity index (χ4n) is 3.43. The van der Waals surface area contributed by atoms with Gasteiger partial charge in [-0.1, -0.05) is 0 Å². The number of carbonyl (C=O) groups is 2. The summed E-state index contributed by atoms with van der Waals surface area (Å²) in [5.74, 6) is 0.870. The third-order valence-electron chi connectivity index (χ3n) is 4.76. The van der Waals surface area contributed by atoms with E-state index in [2.05, 4.69) is 14.9 Å². The molecule has 0 radical (unpaired) electrons. The predicted molar refractivity (Wildman–Crippen MR) is 92.1 cm³/mol. The molecule has 0 bridgehead atoms. The van der Waals surface area contributed by atoms with Crippen molar-refractivity contribution >= 4 is 17.8 Å². The van der Waals surface area contributed by atoms with Gasteiger partial charge in [0.05, 0.1) is 18.7 Å². The fraction of sp³-hybridized carbons (Fsp3) is 0.647. The Morgan fingerprint density at radius 2 is 1.96 bits per heavy atom. The molecule has 2 aliphatic rings. The van der Waals surface area contributed by atoms with Crippen molar-refractivity contribution in [2.75, 3.05) is 50.8 Å². The average Bonchev–Trinajstić information content (AvgIpc) is 2.68. The van der Waals surface area contributed by atoms with E-state index in [1.807, 2.05) is 4.90 Å². The van der Waals surface area contributed by atoms with Crippen molar-refractivity contribution in [3.63, 3.8) is 0 Å². The lowest BCUT2D eigenvalue weighted by molar-refractivity contribution is -0.137. The van der Waals surface area contributed by atoms with E-state index < -0.39 is 0 Å². The van der Waals surface area contributed by atoms with Gasteiger partial charge in [-0.2, -0.15) is 0 Å². The first-order valence-corrected chi connectivity index (χ1v) is 8.90. The van der Waals surface area contributed by atoms with Gasteiger partial charge in [0.25, 0.3) is 0 Å². The summed E-state index contributed by atoms with van der Waals surface area (Å²) in [6, 6.07) is 0. The lowest BCUT2D eigenvalue weighted by Crippen LogP contribution is -2.53. The molecular weight excluding hydrogens is 322 g/mol. The summed E-state index contributed by atoms with van der Waals surface area (Å²) >= 11 is 0. The lowest BCUT2D eigenvalue weighted by Gasteiger charge is -2.39. The van der Waals surface area contributed by atoms with Crippen LogP contribution in [0.5, 0.6) is 0 Å². The van der Waals surface area contributed by atoms with E-state index in [9.17, 15) is 9.59 Å². The molecule has 2 aliphatic heterocycles. The molecule has 1 unspecified atom stereocenters. The molecule has 25 heavy (non-hydrogen) atoms. The minimum Gasteiger partial charge on any atom is -0.450 e. The van der Waals surface area contributed by atoms with Crippen LogP contribution in [0.3, 0.4) is 0 Å². The van der Waals surface area contributed by atoms with Crippen molar-refractivity contribution in [2.24, 2.45) is 5.92 Å². The zero-order valence-corrected chi connectivity index (χ0v) is 14.6. The molecule has 0 saturated carbocycles. The highest BCUT2D eigenvalue weighted by Gasteiger charge is 2.33. The van der Waals surface area contributed by atoms with Crippen LogP contribution >= 0.6 is 0 Å². The highest BCUT2D eigenvalue weighted by atomic mass is 16.6. The Balaban J connectivity index is 1.53. The maximum Gasteiger partial charge on any atom is 0.409 e. The number of rotatable bonds is 3. The third kappa shape index (κ3) is 4.18. The summed E-state index contributed by atoms with van der Waals surface area (Å²) in [4.78, 5) is 38.8. The van der Waals surface area contributed by atoms with E-state index >= 15 is 0 Å². The largest absolute Gasteiger partial charge is 0.450 e. The molecule has 2 amide bonds. The van der Waals surface area contributed by atoms with E-state index in [-0.39, 0.29) is 17.9 Å². The summed E-state index contributed by atoms with van der Waals surface area (Å²) in [7, 11) is 0. The molecule has 3 heterocycles. The first-order valence-electron chi connectivity index (χ1n) is 8.90. The average molecular weight is 347 g/mol. The molecule has 136 valence electrons. The second kappa shape index (κ2) is 8.13. The second-order valence-corrected chi connectivity index (χ2v) is 6.36. The Kier molecular flexibility index (Phi) is 5.67. The van der Waals surface area contributed by atoms with Crippen LogP contribution in [0, 0.1) is 5.92 Å². The molecule has 0 aliphatic carbocycles. The third-order valence-corrected chi connectivity index (χ3v) is 4.76. The minimum atomic E-state index is -0.313. The van der Waals surface area contributed by atoms with Gasteiger partial charge in [-0.15, -0.1) is 0 Å². The number of amides is 2. The van der Waals surface area contributed by atoms with Crippen molar-refractivity contribution in [1.29, 1.82) is 0 Å². The second-order valence-electron chi connectivity index (χ2n) is 6.36. The van der Waals surface area contributed by atoms with Crippen LogP contribution in [0.2, 0.25) is 0 Å². The van der Waals surface area contributed by atoms with Crippen LogP contribution in [-0.2, 0) is 9.53 Å². The summed E-state index contributed by atoms with van der Waals surface area (Å²) < 4.78 is 5.06. The molecule has 0 spiro atoms. The minimum absolute atomic E-state index is 0.124. The Morgan fingerprint density at radius 3 is 2.64 bits per heavy atom. The van der Waals surface area contributed by atoms with Gasteiger partial charge >= 0.3 is 6.09 Å². The van der Waals surface area contributed by atoms with Gasteiger partial charge in [0.15, 0.2) is 0 Å². The number of anilines is 1. The Bertz CT molecular complexity index is 589. The summed E-state index contributed by atoms with van der Waals surface area (Å²) in [6.45, 7) is 6.12. The summed E-state index contributed by atoms with van der Waals surface area (Å²) in [6.07, 6.45) is 6.44. The fourth-order valence-corrected chi connectivity index (χ4v) is 3.43. The normalized spacial score (nSPS) is 21.2. The topological polar surface area (TPSA) is 78.9 Å². The van der Waals surface area contributed by atoms with Gasteiger partial charge in [0.2, 0.25) is 5.91 Å². The number of piperidine rings is 1. The Hall–Kier alpha value is -2.38. The SMILES string of the molecule is CCOC(=O)N1CCCC(C(=O)N2CCN(c3cnccn3)CC2)C1. The Morgan fingerprint density at radius 1 is 1.16 bits per heavy atom. The van der Waals surface area contributed by atoms with Crippen molar-refractivity contribution in [2.45, 2.75) is 19.8 Å². The monoisotopic (exact) mass is 347 g/mol. The molecule has 0 N–H and O–H groups in total. The molecule has 2 saturated heterocycles. The lowest BCUT2D eigenvalue weighted by atomic mass is 9.96. The van der Waals surface area contributed by atoms with Crippen molar-refractivity contribution in [3.05, 3.63) is 18.6 Å². The van der Waals surface area contributed by atoms with E-state index in [0.29, 0.717) is 32.8 Å². The molecular formula is C17H25N5O3. The zero-order valence-electron chi connectivity index (χ0n) is 14.6. The number of nitrogens with zero attached hydrogens (tertiary/aromatic N) is 5. The van der Waals surface area contributed by atoms with E-state index in [1.54, 1.807) is 30.4 Å². The first kappa shape index (κ1) is 17.4. The Labute approximate surface area is 147 Å². The smallest absolute Gasteiger partial charge is 0.409 e. The number of likely N-dealkylation sites (tertiary alicyclic amines) is 1. The maximum absolute atomic E-state index is 12.8. The summed E-state index contributed by atoms with van der Waals surface area (Å²) in [5, 5.41) is 0. The van der Waals surface area contributed by atoms with Gasteiger partial charge in [-0.3, -0.25) is 9.78 Å². The molecule has 8 nitrogen and oxygen atoms in total. The van der Waals surface area contributed by atoms with Crippen LogP contribution in [-0.4, -0.2) is 77.6 Å². The number of hydrogen-bond acceptors (Lipinski definition) is 6. The first-order chi connectivity index (χ1) is 12.2. The zero-order chi connectivity index (χ0) is 17.6. The standard InChI is InChI=1S/C17H25N5O3/c1-2-25-17(24)22-7-3-4-14(13-22)16(23)21-10-8-20(9-11-21)15-12-18-5-6-19-15/h5-6,12,14H,2-4,7-11,13H2,1H3. The van der Waals surface area contributed by atoms with Gasteiger partial charge in [-0.25, -0.2) is 9.78 Å². The highest BCUT2D eigenvalue weighted by molar-refractivity contribution is 5.80. The van der Waals surface area contributed by atoms with Crippen LogP contribution in [0.1, 0.15) is 19.8 Å². The highest BCUT2D eigenvalue weighted by Crippen LogP contribution is 2.21. The van der Waals surface area contributed by atoms with Crippen molar-refractivity contribution in [1.82, 2.24) is 19.8 Å². The number of carbonyl (C=O) groups excluding carboxylic acids is 2. The summed E-state index contributed by atoms with van der Waals surface area (Å²) in [5.41, 5.74) is 0. The van der Waals surface area contributed by atoms with Crippen LogP contribution in [0.25, 0.3) is 0 Å². The van der Waals surface area contributed by atoms with Gasteiger partial charge < -0.3 is 19.4 Å². The van der Waals surface area contributed by atoms with Gasteiger partial charge in [-0.05, 0) is 19.8 Å². The molecule has 2 fully saturated rings. The van der Waals surface area contributed by atoms with Crippen LogP contribution in [0.4, 0.5) is 10.6 Å². The number of aromatic nitrogens is 2. The predicted octanol–water partition coefficient (Wildman–Crippen LogP) is 0.994. The van der Waals surface area contributed by atoms with Crippen LogP contribution < -0.4 is 4.90 Å². The van der Waals surface area contributed by atoms with Gasteiger partial charge in [0, 0.05) is 51.7 Å². The molecule has 1 aromatic heterocycles. The van der Waals surface area contributed by atoms with Gasteiger partial charge in [0.1, 0.15) is 5.82 Å². The molecule has 0 aromatic carbocycles. The van der Waals surface area contributed by atoms with Crippen molar-refractivity contribution < 1.29 is 14.3 Å². The maximum atomic E-state index is 12.8. The number of ether oxygens (including phenoxy) is 1. The van der Waals surface area contributed by atoms with Crippen LogP contribution in [0.15, 0.2) is 18.6 Å². The molecule has 1 atom stereocenters. The van der Waals surface area contributed by atoms with E-state index in [1.165, 1.54) is 0 Å². The number of hydrogen-bond donors (Lipinski definition) is 0.